The summed E-state index contributed by atoms with van der Waals surface area (Å²) in [7, 11) is -4.00. The quantitative estimate of drug-likeness (QED) is 0.813. The number of pyridine rings is 1. The van der Waals surface area contributed by atoms with Gasteiger partial charge in [0.05, 0.1) is 10.5 Å². The normalized spacial score (nSPS) is 16.4. The van der Waals surface area contributed by atoms with Gasteiger partial charge in [0.1, 0.15) is 0 Å². The highest BCUT2D eigenvalue weighted by atomic mass is 32.2. The number of allylic oxidation sites excluding steroid dienone is 3. The molecule has 1 aromatic heterocycles. The van der Waals surface area contributed by atoms with Crippen molar-refractivity contribution in [1.29, 1.82) is 0 Å². The average Bonchev–Trinajstić information content (AvgIpc) is 2.39. The minimum atomic E-state index is -4.00. The first-order valence-corrected chi connectivity index (χ1v) is 7.56. The molecule has 21 heavy (non-hydrogen) atoms. The summed E-state index contributed by atoms with van der Waals surface area (Å²) in [6, 6.07) is 3.08. The molecule has 1 aromatic rings. The van der Waals surface area contributed by atoms with Crippen LogP contribution >= 0.6 is 0 Å². The molecule has 1 heterocycles. The van der Waals surface area contributed by atoms with Crippen LogP contribution in [0.2, 0.25) is 0 Å². The number of hydrogen-bond donors (Lipinski definition) is 2. The summed E-state index contributed by atoms with van der Waals surface area (Å²) in [5, 5.41) is 8.34. The smallest absolute Gasteiger partial charge is 0.337 e. The van der Waals surface area contributed by atoms with Crippen molar-refractivity contribution in [2.24, 2.45) is 5.41 Å². The van der Waals surface area contributed by atoms with Gasteiger partial charge < -0.3 is 5.11 Å². The first kappa shape index (κ1) is 17.1. The molecule has 114 valence electrons. The second kappa shape index (κ2) is 6.64. The van der Waals surface area contributed by atoms with Crippen LogP contribution in [0, 0.1) is 5.41 Å². The topological polar surface area (TPSA) is 105 Å². The maximum atomic E-state index is 10.6. The zero-order valence-electron chi connectivity index (χ0n) is 11.7. The van der Waals surface area contributed by atoms with E-state index in [9.17, 15) is 13.2 Å². The lowest BCUT2D eigenvalue weighted by Crippen LogP contribution is -2.12. The number of aromatic nitrogens is 1. The van der Waals surface area contributed by atoms with Crippen LogP contribution in [0.5, 0.6) is 0 Å². The van der Waals surface area contributed by atoms with Gasteiger partial charge >= 0.3 is 5.97 Å². The van der Waals surface area contributed by atoms with Crippen molar-refractivity contribution in [2.45, 2.75) is 20.3 Å². The van der Waals surface area contributed by atoms with Gasteiger partial charge in [-0.1, -0.05) is 26.0 Å². The third kappa shape index (κ3) is 5.88. The number of nitrogens with zero attached hydrogens (tertiary/aromatic N) is 1. The van der Waals surface area contributed by atoms with E-state index in [0.717, 1.165) is 0 Å². The minimum absolute atomic E-state index is 0.00169. The Kier molecular flexibility index (Phi) is 5.40. The summed E-state index contributed by atoms with van der Waals surface area (Å²) in [6.45, 7) is 4.00. The van der Waals surface area contributed by atoms with E-state index in [0.29, 0.717) is 6.42 Å². The Bertz CT molecular complexity index is 660. The van der Waals surface area contributed by atoms with E-state index >= 15 is 0 Å². The maximum Gasteiger partial charge on any atom is 0.337 e. The van der Waals surface area contributed by atoms with E-state index in [1.54, 1.807) is 12.1 Å². The summed E-state index contributed by atoms with van der Waals surface area (Å²) in [4.78, 5) is 13.8. The fraction of sp³-hybridized carbons (Fsp3) is 0.286. The molecule has 0 aromatic carbocycles. The summed E-state index contributed by atoms with van der Waals surface area (Å²) in [6.07, 6.45) is 8.25. The number of carbonyl (C=O) groups is 1. The lowest BCUT2D eigenvalue weighted by atomic mass is 9.86. The Morgan fingerprint density at radius 1 is 1.38 bits per heavy atom. The molecule has 6 nitrogen and oxygen atoms in total. The van der Waals surface area contributed by atoms with Crippen LogP contribution in [-0.2, 0) is 10.1 Å². The van der Waals surface area contributed by atoms with E-state index < -0.39 is 16.1 Å². The standard InChI is InChI=1S/C8H12O3S.C6H5NO2/c1-8(2)5-3-7(4-6-8)12(9,10)11;8-6(9)5-2-1-3-7-4-5/h3-5H,6H2,1-2H3,(H,9,10,11);1-4H,(H,8,9). The predicted octanol–water partition coefficient (Wildman–Crippen LogP) is 2.52. The van der Waals surface area contributed by atoms with Gasteiger partial charge in [-0.15, -0.1) is 0 Å². The molecular formula is C14H17NO5S. The predicted molar refractivity (Wildman–Crippen MR) is 78.4 cm³/mol. The Balaban J connectivity index is 0.000000219. The van der Waals surface area contributed by atoms with Crippen molar-refractivity contribution in [1.82, 2.24) is 4.98 Å². The lowest BCUT2D eigenvalue weighted by molar-refractivity contribution is 0.0696. The average molecular weight is 311 g/mol. The monoisotopic (exact) mass is 311 g/mol. The molecule has 1 aliphatic carbocycles. The first-order valence-electron chi connectivity index (χ1n) is 6.12. The fourth-order valence-electron chi connectivity index (χ4n) is 1.49. The molecule has 0 unspecified atom stereocenters. The molecule has 2 rings (SSSR count). The van der Waals surface area contributed by atoms with Crippen LogP contribution in [0.15, 0.2) is 47.7 Å². The molecule has 0 spiro atoms. The Morgan fingerprint density at radius 2 is 2.05 bits per heavy atom. The highest BCUT2D eigenvalue weighted by Gasteiger charge is 2.20. The van der Waals surface area contributed by atoms with Gasteiger partial charge in [-0.25, -0.2) is 4.79 Å². The van der Waals surface area contributed by atoms with E-state index in [2.05, 4.69) is 4.98 Å². The Labute approximate surface area is 123 Å². The number of rotatable bonds is 2. The second-order valence-electron chi connectivity index (χ2n) is 5.15. The zero-order chi connectivity index (χ0) is 16.1. The second-order valence-corrected chi connectivity index (χ2v) is 6.58. The summed E-state index contributed by atoms with van der Waals surface area (Å²) in [5.41, 5.74) is 0.214. The van der Waals surface area contributed by atoms with Crippen molar-refractivity contribution >= 4 is 16.1 Å². The largest absolute Gasteiger partial charge is 0.478 e. The number of carboxylic acids is 1. The summed E-state index contributed by atoms with van der Waals surface area (Å²) >= 11 is 0. The van der Waals surface area contributed by atoms with Crippen molar-refractivity contribution in [3.63, 3.8) is 0 Å². The van der Waals surface area contributed by atoms with Gasteiger partial charge in [0, 0.05) is 12.4 Å². The van der Waals surface area contributed by atoms with Crippen molar-refractivity contribution in [2.75, 3.05) is 0 Å². The molecule has 0 saturated carbocycles. The van der Waals surface area contributed by atoms with E-state index in [1.807, 2.05) is 13.8 Å². The molecule has 7 heteroatoms. The highest BCUT2D eigenvalue weighted by molar-refractivity contribution is 7.90. The van der Waals surface area contributed by atoms with E-state index in [-0.39, 0.29) is 15.9 Å². The molecule has 0 radical (unpaired) electrons. The number of aromatic carboxylic acids is 1. The molecule has 2 N–H and O–H groups in total. The molecule has 0 fully saturated rings. The van der Waals surface area contributed by atoms with Gasteiger partial charge in [-0.05, 0) is 30.0 Å². The van der Waals surface area contributed by atoms with Gasteiger partial charge in [-0.3, -0.25) is 9.54 Å². The van der Waals surface area contributed by atoms with Crippen LogP contribution in [0.1, 0.15) is 30.6 Å². The van der Waals surface area contributed by atoms with Gasteiger partial charge in [-0.2, -0.15) is 8.42 Å². The van der Waals surface area contributed by atoms with Crippen molar-refractivity contribution in [3.8, 4) is 0 Å². The fourth-order valence-corrected chi connectivity index (χ4v) is 2.02. The zero-order valence-corrected chi connectivity index (χ0v) is 12.5. The summed E-state index contributed by atoms with van der Waals surface area (Å²) in [5.74, 6) is -0.942. The third-order valence-corrected chi connectivity index (χ3v) is 3.63. The Hall–Kier alpha value is -1.99. The molecule has 0 amide bonds. The maximum absolute atomic E-state index is 10.6. The van der Waals surface area contributed by atoms with Crippen LogP contribution in [0.3, 0.4) is 0 Å². The summed E-state index contributed by atoms with van der Waals surface area (Å²) < 4.78 is 29.9. The highest BCUT2D eigenvalue weighted by Crippen LogP contribution is 2.29. The van der Waals surface area contributed by atoms with Crippen LogP contribution in [0.25, 0.3) is 0 Å². The van der Waals surface area contributed by atoms with Crippen LogP contribution in [0.4, 0.5) is 0 Å². The number of hydrogen-bond acceptors (Lipinski definition) is 4. The Morgan fingerprint density at radius 3 is 2.38 bits per heavy atom. The van der Waals surface area contributed by atoms with E-state index in [1.165, 1.54) is 30.6 Å². The SMILES string of the molecule is CC1(C)C=CC(S(=O)(=O)O)=CC1.O=C(O)c1cccnc1. The molecule has 0 saturated heterocycles. The molecule has 0 atom stereocenters. The molecular weight excluding hydrogens is 294 g/mol. The van der Waals surface area contributed by atoms with Crippen molar-refractivity contribution in [3.05, 3.63) is 53.2 Å². The molecule has 1 aliphatic rings. The first-order chi connectivity index (χ1) is 9.62. The number of carboxylic acid groups (broad SMARTS) is 1. The van der Waals surface area contributed by atoms with Gasteiger partial charge in [0.2, 0.25) is 0 Å². The lowest BCUT2D eigenvalue weighted by Gasteiger charge is -2.21. The van der Waals surface area contributed by atoms with Gasteiger partial charge in [0.25, 0.3) is 10.1 Å². The molecule has 0 aliphatic heterocycles. The molecule has 0 bridgehead atoms. The van der Waals surface area contributed by atoms with Crippen LogP contribution in [-0.4, -0.2) is 29.0 Å². The van der Waals surface area contributed by atoms with E-state index in [4.69, 9.17) is 9.66 Å². The minimum Gasteiger partial charge on any atom is -0.478 e. The third-order valence-electron chi connectivity index (χ3n) is 2.73. The van der Waals surface area contributed by atoms with Gasteiger partial charge in [0.15, 0.2) is 0 Å². The van der Waals surface area contributed by atoms with Crippen LogP contribution < -0.4 is 0 Å². The van der Waals surface area contributed by atoms with Crippen molar-refractivity contribution < 1.29 is 22.9 Å².